The molecule has 1 amide bonds. The van der Waals surface area contributed by atoms with Gasteiger partial charge in [-0.2, -0.15) is 0 Å². The van der Waals surface area contributed by atoms with Crippen LogP contribution in [0.4, 0.5) is 11.4 Å². The van der Waals surface area contributed by atoms with Gasteiger partial charge in [0.2, 0.25) is 5.91 Å². The average molecular weight is 476 g/mol. The third-order valence-electron chi connectivity index (χ3n) is 4.95. The molecule has 0 saturated carbocycles. The Morgan fingerprint density at radius 1 is 1.09 bits per heavy atom. The molecule has 10 heteroatoms. The van der Waals surface area contributed by atoms with Crippen LogP contribution in [-0.2, 0) is 4.79 Å². The molecule has 0 spiro atoms. The second kappa shape index (κ2) is 10.2. The molecule has 1 heterocycles. The lowest BCUT2D eigenvalue weighted by Crippen LogP contribution is -2.15. The maximum Gasteiger partial charge on any atom is 0.293 e. The van der Waals surface area contributed by atoms with Crippen LogP contribution in [0.5, 0.6) is 5.75 Å². The van der Waals surface area contributed by atoms with Crippen LogP contribution in [-0.4, -0.2) is 38.5 Å². The van der Waals surface area contributed by atoms with Gasteiger partial charge in [-0.25, -0.2) is 0 Å². The van der Waals surface area contributed by atoms with Crippen LogP contribution in [0.2, 0.25) is 0 Å². The van der Waals surface area contributed by atoms with Crippen molar-refractivity contribution in [3.05, 3.63) is 88.5 Å². The van der Waals surface area contributed by atoms with Crippen LogP contribution in [0.25, 0.3) is 17.1 Å². The Morgan fingerprint density at radius 3 is 2.50 bits per heavy atom. The smallest absolute Gasteiger partial charge is 0.293 e. The summed E-state index contributed by atoms with van der Waals surface area (Å²) in [4.78, 5) is 23.4. The van der Waals surface area contributed by atoms with E-state index in [4.69, 9.17) is 4.74 Å². The molecule has 1 aromatic heterocycles. The number of methoxy groups -OCH3 is 1. The van der Waals surface area contributed by atoms with Gasteiger partial charge in [-0.05, 0) is 55.0 Å². The summed E-state index contributed by atoms with van der Waals surface area (Å²) < 4.78 is 7.10. The molecule has 0 saturated heterocycles. The van der Waals surface area contributed by atoms with Gasteiger partial charge >= 0.3 is 0 Å². The highest BCUT2D eigenvalue weighted by Gasteiger charge is 2.19. The Labute approximate surface area is 199 Å². The van der Waals surface area contributed by atoms with Crippen molar-refractivity contribution in [3.63, 3.8) is 0 Å². The Kier molecular flexibility index (Phi) is 6.88. The second-order valence-corrected chi connectivity index (χ2v) is 8.26. The van der Waals surface area contributed by atoms with Crippen molar-refractivity contribution in [2.45, 2.75) is 12.1 Å². The number of benzene rings is 3. The summed E-state index contributed by atoms with van der Waals surface area (Å²) in [7, 11) is 1.60. The number of nitro benzene ring substituents is 1. The number of amides is 1. The molecule has 0 aliphatic rings. The van der Waals surface area contributed by atoms with E-state index in [2.05, 4.69) is 15.5 Å². The highest BCUT2D eigenvalue weighted by atomic mass is 32.2. The van der Waals surface area contributed by atoms with Crippen LogP contribution in [0.1, 0.15) is 5.56 Å². The third-order valence-corrected chi connectivity index (χ3v) is 5.88. The van der Waals surface area contributed by atoms with Gasteiger partial charge in [0.05, 0.1) is 17.8 Å². The van der Waals surface area contributed by atoms with Gasteiger partial charge in [0.25, 0.3) is 5.69 Å². The van der Waals surface area contributed by atoms with Gasteiger partial charge in [0.15, 0.2) is 11.0 Å². The van der Waals surface area contributed by atoms with E-state index in [1.54, 1.807) is 20.1 Å². The summed E-state index contributed by atoms with van der Waals surface area (Å²) in [5.41, 5.74) is 2.43. The SMILES string of the molecule is COc1ccc(-c2nnc(SCC(=O)Nc3ccc(C)cc3[N+](=O)[O-])n2-c2ccccc2)cc1. The molecule has 0 atom stereocenters. The molecule has 1 N–H and O–H groups in total. The zero-order chi connectivity index (χ0) is 24.1. The fourth-order valence-electron chi connectivity index (χ4n) is 3.32. The number of thioether (sulfide) groups is 1. The number of carbonyl (C=O) groups excluding carboxylic acids is 1. The first-order valence-electron chi connectivity index (χ1n) is 10.3. The number of nitro groups is 1. The van der Waals surface area contributed by atoms with E-state index in [1.165, 1.54) is 23.9 Å². The zero-order valence-corrected chi connectivity index (χ0v) is 19.3. The van der Waals surface area contributed by atoms with Crippen molar-refractivity contribution in [1.82, 2.24) is 14.8 Å². The van der Waals surface area contributed by atoms with Gasteiger partial charge in [-0.15, -0.1) is 10.2 Å². The van der Waals surface area contributed by atoms with Crippen molar-refractivity contribution in [2.24, 2.45) is 0 Å². The van der Waals surface area contributed by atoms with Gasteiger partial charge < -0.3 is 10.1 Å². The number of carbonyl (C=O) groups is 1. The van der Waals surface area contributed by atoms with Crippen molar-refractivity contribution < 1.29 is 14.5 Å². The number of aromatic nitrogens is 3. The number of hydrogen-bond acceptors (Lipinski definition) is 7. The van der Waals surface area contributed by atoms with Gasteiger partial charge in [-0.3, -0.25) is 19.5 Å². The van der Waals surface area contributed by atoms with E-state index in [0.29, 0.717) is 11.0 Å². The Balaban J connectivity index is 1.58. The number of hydrogen-bond donors (Lipinski definition) is 1. The molecule has 34 heavy (non-hydrogen) atoms. The lowest BCUT2D eigenvalue weighted by Gasteiger charge is -2.11. The molecule has 9 nitrogen and oxygen atoms in total. The highest BCUT2D eigenvalue weighted by Crippen LogP contribution is 2.30. The van der Waals surface area contributed by atoms with Crippen molar-refractivity contribution in [1.29, 1.82) is 0 Å². The largest absolute Gasteiger partial charge is 0.497 e. The Hall–Kier alpha value is -4.18. The lowest BCUT2D eigenvalue weighted by atomic mass is 10.2. The number of rotatable bonds is 8. The molecule has 0 aliphatic heterocycles. The molecule has 3 aromatic carbocycles. The molecule has 172 valence electrons. The lowest BCUT2D eigenvalue weighted by molar-refractivity contribution is -0.384. The number of nitrogens with one attached hydrogen (secondary N) is 1. The number of para-hydroxylation sites is 1. The van der Waals surface area contributed by atoms with E-state index in [-0.39, 0.29) is 23.0 Å². The standard InChI is InChI=1S/C24H21N5O4S/c1-16-8-13-20(21(14-16)29(31)32)25-22(30)15-34-24-27-26-23(17-9-11-19(33-2)12-10-17)28(24)18-6-4-3-5-7-18/h3-14H,15H2,1-2H3,(H,25,30). The van der Waals surface area contributed by atoms with Gasteiger partial charge in [0.1, 0.15) is 11.4 Å². The number of ether oxygens (including phenoxy) is 1. The van der Waals surface area contributed by atoms with E-state index >= 15 is 0 Å². The predicted octanol–water partition coefficient (Wildman–Crippen LogP) is 4.89. The summed E-state index contributed by atoms with van der Waals surface area (Å²) in [5.74, 6) is 0.959. The van der Waals surface area contributed by atoms with Crippen LogP contribution in [0.3, 0.4) is 0 Å². The minimum Gasteiger partial charge on any atom is -0.497 e. The van der Waals surface area contributed by atoms with Gasteiger partial charge in [0, 0.05) is 17.3 Å². The number of anilines is 1. The molecular weight excluding hydrogens is 454 g/mol. The maximum absolute atomic E-state index is 12.6. The summed E-state index contributed by atoms with van der Waals surface area (Å²) >= 11 is 1.19. The molecule has 0 aliphatic carbocycles. The molecular formula is C24H21N5O4S. The summed E-state index contributed by atoms with van der Waals surface area (Å²) in [5, 5.41) is 23.1. The minimum atomic E-state index is -0.511. The third kappa shape index (κ3) is 5.07. The van der Waals surface area contributed by atoms with E-state index in [0.717, 1.165) is 22.6 Å². The molecule has 4 rings (SSSR count). The highest BCUT2D eigenvalue weighted by molar-refractivity contribution is 7.99. The fourth-order valence-corrected chi connectivity index (χ4v) is 4.07. The molecule has 4 aromatic rings. The van der Waals surface area contributed by atoms with E-state index in [1.807, 2.05) is 59.2 Å². The first-order chi connectivity index (χ1) is 16.5. The quantitative estimate of drug-likeness (QED) is 0.219. The van der Waals surface area contributed by atoms with Crippen LogP contribution in [0, 0.1) is 17.0 Å². The summed E-state index contributed by atoms with van der Waals surface area (Å²) in [6.45, 7) is 1.76. The van der Waals surface area contributed by atoms with Gasteiger partial charge in [-0.1, -0.05) is 36.0 Å². The predicted molar refractivity (Wildman–Crippen MR) is 131 cm³/mol. The molecule has 0 fully saturated rings. The van der Waals surface area contributed by atoms with E-state index in [9.17, 15) is 14.9 Å². The summed E-state index contributed by atoms with van der Waals surface area (Å²) in [6, 6.07) is 21.7. The fraction of sp³-hybridized carbons (Fsp3) is 0.125. The molecule has 0 bridgehead atoms. The number of aryl methyl sites for hydroxylation is 1. The van der Waals surface area contributed by atoms with Crippen molar-refractivity contribution >= 4 is 29.0 Å². The number of nitrogens with zero attached hydrogens (tertiary/aromatic N) is 4. The average Bonchev–Trinajstić information content (AvgIpc) is 3.28. The van der Waals surface area contributed by atoms with Crippen LogP contribution >= 0.6 is 11.8 Å². The maximum atomic E-state index is 12.6. The van der Waals surface area contributed by atoms with Crippen LogP contribution < -0.4 is 10.1 Å². The topological polar surface area (TPSA) is 112 Å². The first kappa shape index (κ1) is 23.0. The Bertz CT molecular complexity index is 1320. The Morgan fingerprint density at radius 2 is 1.82 bits per heavy atom. The van der Waals surface area contributed by atoms with E-state index < -0.39 is 4.92 Å². The second-order valence-electron chi connectivity index (χ2n) is 7.32. The van der Waals surface area contributed by atoms with Crippen LogP contribution in [0.15, 0.2) is 78.0 Å². The van der Waals surface area contributed by atoms with Crippen molar-refractivity contribution in [2.75, 3.05) is 18.2 Å². The minimum absolute atomic E-state index is 0.00138. The summed E-state index contributed by atoms with van der Waals surface area (Å²) in [6.07, 6.45) is 0. The van der Waals surface area contributed by atoms with Crippen molar-refractivity contribution in [3.8, 4) is 22.8 Å². The zero-order valence-electron chi connectivity index (χ0n) is 18.5. The molecule has 0 radical (unpaired) electrons. The first-order valence-corrected chi connectivity index (χ1v) is 11.3. The monoisotopic (exact) mass is 475 g/mol. The normalized spacial score (nSPS) is 10.6. The molecule has 0 unspecified atom stereocenters.